The third-order valence-corrected chi connectivity index (χ3v) is 4.88. The van der Waals surface area contributed by atoms with Gasteiger partial charge in [0, 0.05) is 11.3 Å². The van der Waals surface area contributed by atoms with Crippen LogP contribution in [-0.2, 0) is 4.79 Å². The Balaban J connectivity index is 2.32. The fourth-order valence-corrected chi connectivity index (χ4v) is 3.28. The van der Waals surface area contributed by atoms with Gasteiger partial charge in [-0.05, 0) is 43.4 Å². The van der Waals surface area contributed by atoms with E-state index in [0.717, 1.165) is 16.9 Å². The molecule has 1 aromatic rings. The van der Waals surface area contributed by atoms with Crippen molar-refractivity contribution in [1.82, 2.24) is 4.90 Å². The number of hydrogen-bond acceptors (Lipinski definition) is 3. The highest BCUT2D eigenvalue weighted by Gasteiger charge is 2.31. The van der Waals surface area contributed by atoms with Crippen LogP contribution in [0, 0.1) is 6.92 Å². The van der Waals surface area contributed by atoms with E-state index < -0.39 is 13.0 Å². The van der Waals surface area contributed by atoms with E-state index in [2.05, 4.69) is 0 Å². The Labute approximate surface area is 152 Å². The minimum atomic E-state index is -2.56. The van der Waals surface area contributed by atoms with Crippen molar-refractivity contribution in [3.05, 3.63) is 35.4 Å². The number of carbonyl (C=O) groups is 1. The summed E-state index contributed by atoms with van der Waals surface area (Å²) >= 11 is 3.57. The maximum atomic E-state index is 12.9. The summed E-state index contributed by atoms with van der Waals surface area (Å²) in [5.41, 5.74) is 2.25. The number of halogens is 3. The van der Waals surface area contributed by atoms with Crippen LogP contribution >= 0.6 is 34.4 Å². The van der Waals surface area contributed by atoms with E-state index >= 15 is 0 Å². The molecule has 23 heavy (non-hydrogen) atoms. The van der Waals surface area contributed by atoms with Gasteiger partial charge >= 0.3 is 0 Å². The Morgan fingerprint density at radius 1 is 1.48 bits per heavy atom. The standard InChI is InChI=1S/C16H18F2INO2S/c1-10-7-11(22-9-23-2)3-4-12(10)14-6-5-13(19)16(21)20(14)8-15(17)18/h3-4,6-7,13,15H,5,8-9H2,1-2H3. The van der Waals surface area contributed by atoms with Gasteiger partial charge in [-0.3, -0.25) is 4.79 Å². The smallest absolute Gasteiger partial charge is 0.256 e. The maximum absolute atomic E-state index is 12.9. The fraction of sp³-hybridized carbons (Fsp3) is 0.438. The van der Waals surface area contributed by atoms with E-state index in [-0.39, 0.29) is 9.83 Å². The molecule has 0 saturated carbocycles. The number of hydrogen-bond donors (Lipinski definition) is 0. The highest BCUT2D eigenvalue weighted by Crippen LogP contribution is 2.32. The average Bonchev–Trinajstić information content (AvgIpc) is 2.50. The topological polar surface area (TPSA) is 29.5 Å². The molecule has 2 rings (SSSR count). The number of amides is 1. The predicted octanol–water partition coefficient (Wildman–Crippen LogP) is 4.34. The lowest BCUT2D eigenvalue weighted by atomic mass is 10.00. The van der Waals surface area contributed by atoms with Gasteiger partial charge in [0.15, 0.2) is 0 Å². The lowest BCUT2D eigenvalue weighted by Gasteiger charge is -2.32. The van der Waals surface area contributed by atoms with Crippen LogP contribution in [-0.4, -0.2) is 39.9 Å². The first kappa shape index (κ1) is 18.5. The molecule has 1 unspecified atom stereocenters. The van der Waals surface area contributed by atoms with Crippen molar-refractivity contribution in [2.75, 3.05) is 18.7 Å². The lowest BCUT2D eigenvalue weighted by Crippen LogP contribution is -2.41. The summed E-state index contributed by atoms with van der Waals surface area (Å²) in [5.74, 6) is 1.02. The summed E-state index contributed by atoms with van der Waals surface area (Å²) in [6.45, 7) is 1.32. The summed E-state index contributed by atoms with van der Waals surface area (Å²) in [7, 11) is 0. The van der Waals surface area contributed by atoms with Crippen LogP contribution in [0.1, 0.15) is 17.5 Å². The number of benzene rings is 1. The van der Waals surface area contributed by atoms with E-state index in [4.69, 9.17) is 4.74 Å². The Kier molecular flexibility index (Phi) is 6.70. The molecular weight excluding hydrogens is 435 g/mol. The highest BCUT2D eigenvalue weighted by atomic mass is 127. The first-order valence-electron chi connectivity index (χ1n) is 7.10. The first-order chi connectivity index (χ1) is 10.9. The third kappa shape index (κ3) is 4.59. The predicted molar refractivity (Wildman–Crippen MR) is 98.3 cm³/mol. The Morgan fingerprint density at radius 3 is 2.83 bits per heavy atom. The van der Waals surface area contributed by atoms with Gasteiger partial charge in [0.05, 0.1) is 10.5 Å². The van der Waals surface area contributed by atoms with Gasteiger partial charge in [0.2, 0.25) is 5.91 Å². The van der Waals surface area contributed by atoms with Gasteiger partial charge in [-0.1, -0.05) is 28.7 Å². The van der Waals surface area contributed by atoms with E-state index in [1.165, 1.54) is 4.90 Å². The second-order valence-corrected chi connectivity index (χ2v) is 7.48. The molecule has 0 aliphatic carbocycles. The monoisotopic (exact) mass is 453 g/mol. The second kappa shape index (κ2) is 8.32. The largest absolute Gasteiger partial charge is 0.483 e. The SMILES string of the molecule is CSCOc1ccc(C2=CCC(I)C(=O)N2CC(F)F)c(C)c1. The molecule has 0 bridgehead atoms. The number of carbonyl (C=O) groups excluding carboxylic acids is 1. The normalized spacial score (nSPS) is 18.3. The zero-order valence-corrected chi connectivity index (χ0v) is 15.9. The molecule has 0 radical (unpaired) electrons. The van der Waals surface area contributed by atoms with Gasteiger partial charge in [-0.25, -0.2) is 8.78 Å². The van der Waals surface area contributed by atoms with E-state index in [1.54, 1.807) is 17.8 Å². The molecule has 1 aromatic carbocycles. The van der Waals surface area contributed by atoms with Gasteiger partial charge in [-0.2, -0.15) is 0 Å². The molecule has 0 N–H and O–H groups in total. The molecule has 0 saturated heterocycles. The average molecular weight is 453 g/mol. The molecule has 1 heterocycles. The molecule has 3 nitrogen and oxygen atoms in total. The molecule has 1 amide bonds. The third-order valence-electron chi connectivity index (χ3n) is 3.48. The van der Waals surface area contributed by atoms with Crippen LogP contribution in [0.25, 0.3) is 5.70 Å². The molecular formula is C16H18F2INO2S. The van der Waals surface area contributed by atoms with Crippen molar-refractivity contribution in [1.29, 1.82) is 0 Å². The fourth-order valence-electron chi connectivity index (χ4n) is 2.44. The zero-order valence-electron chi connectivity index (χ0n) is 12.9. The number of nitrogens with zero attached hydrogens (tertiary/aromatic N) is 1. The summed E-state index contributed by atoms with van der Waals surface area (Å²) in [6.07, 6.45) is 1.81. The summed E-state index contributed by atoms with van der Waals surface area (Å²) in [6, 6.07) is 5.50. The van der Waals surface area contributed by atoms with E-state index in [1.807, 2.05) is 54.0 Å². The summed E-state index contributed by atoms with van der Waals surface area (Å²) in [5, 5.41) is 0. The number of thioether (sulfide) groups is 1. The molecule has 126 valence electrons. The molecule has 1 aliphatic rings. The van der Waals surface area contributed by atoms with Crippen LogP contribution in [0.3, 0.4) is 0 Å². The minimum Gasteiger partial charge on any atom is -0.483 e. The Bertz CT molecular complexity index is 610. The quantitative estimate of drug-likeness (QED) is 0.365. The van der Waals surface area contributed by atoms with Gasteiger partial charge < -0.3 is 9.64 Å². The highest BCUT2D eigenvalue weighted by molar-refractivity contribution is 14.1. The van der Waals surface area contributed by atoms with E-state index in [0.29, 0.717) is 18.1 Å². The van der Waals surface area contributed by atoms with Crippen molar-refractivity contribution in [2.24, 2.45) is 0 Å². The van der Waals surface area contributed by atoms with Crippen LogP contribution in [0.2, 0.25) is 0 Å². The van der Waals surface area contributed by atoms with Gasteiger partial charge in [-0.15, -0.1) is 11.8 Å². The molecule has 0 fully saturated rings. The van der Waals surface area contributed by atoms with Crippen LogP contribution in [0.5, 0.6) is 5.75 Å². The Hall–Kier alpha value is -0.830. The number of ether oxygens (including phenoxy) is 1. The number of aryl methyl sites for hydroxylation is 1. The van der Waals surface area contributed by atoms with Gasteiger partial charge in [0.25, 0.3) is 6.43 Å². The van der Waals surface area contributed by atoms with E-state index in [9.17, 15) is 13.6 Å². The molecule has 0 aromatic heterocycles. The maximum Gasteiger partial charge on any atom is 0.256 e. The summed E-state index contributed by atoms with van der Waals surface area (Å²) in [4.78, 5) is 13.5. The van der Waals surface area contributed by atoms with Crippen LogP contribution < -0.4 is 4.74 Å². The molecule has 7 heteroatoms. The summed E-state index contributed by atoms with van der Waals surface area (Å²) < 4.78 is 31.0. The van der Waals surface area contributed by atoms with Crippen molar-refractivity contribution < 1.29 is 18.3 Å². The number of allylic oxidation sites excluding steroid dienone is 1. The van der Waals surface area contributed by atoms with Crippen LogP contribution in [0.4, 0.5) is 8.78 Å². The minimum absolute atomic E-state index is 0.259. The van der Waals surface area contributed by atoms with Crippen LogP contribution in [0.15, 0.2) is 24.3 Å². The molecule has 1 aliphatic heterocycles. The second-order valence-electron chi connectivity index (χ2n) is 5.16. The molecule has 1 atom stereocenters. The van der Waals surface area contributed by atoms with Gasteiger partial charge in [0.1, 0.15) is 11.7 Å². The molecule has 0 spiro atoms. The van der Waals surface area contributed by atoms with Crippen molar-refractivity contribution in [3.8, 4) is 5.75 Å². The zero-order chi connectivity index (χ0) is 17.0. The van der Waals surface area contributed by atoms with Crippen molar-refractivity contribution in [3.63, 3.8) is 0 Å². The van der Waals surface area contributed by atoms with Crippen molar-refractivity contribution >= 4 is 46.0 Å². The lowest BCUT2D eigenvalue weighted by molar-refractivity contribution is -0.128. The number of rotatable bonds is 6. The van der Waals surface area contributed by atoms with Crippen molar-refractivity contribution in [2.45, 2.75) is 23.7 Å². The Morgan fingerprint density at radius 2 is 2.22 bits per heavy atom. The first-order valence-corrected chi connectivity index (χ1v) is 9.74. The number of alkyl halides is 3.